The monoisotopic (exact) mass is 77.0 g/mol. The summed E-state index contributed by atoms with van der Waals surface area (Å²) in [6, 6.07) is 0. The lowest BCUT2D eigenvalue weighted by Crippen LogP contribution is -2.11. The van der Waals surface area contributed by atoms with Crippen LogP contribution in [0.2, 0.25) is 0 Å². The van der Waals surface area contributed by atoms with Gasteiger partial charge in [0.1, 0.15) is 5.03 Å². The van der Waals surface area contributed by atoms with Crippen LogP contribution in [-0.4, -0.2) is 5.03 Å². The fourth-order valence-electron chi connectivity index (χ4n) is 0. The van der Waals surface area contributed by atoms with Crippen LogP contribution in [0.25, 0.3) is 0 Å². The molecular weight excluding hydrogens is 76.0 g/mol. The summed E-state index contributed by atoms with van der Waals surface area (Å²) < 4.78 is 0. The summed E-state index contributed by atoms with van der Waals surface area (Å²) in [5.74, 6) is 0. The lowest BCUT2D eigenvalue weighted by Gasteiger charge is -1.90. The molecule has 0 heterocycles. The molecule has 0 saturated heterocycles. The number of hydrogen-bond acceptors (Lipinski definition) is 3. The van der Waals surface area contributed by atoms with Crippen LogP contribution in [0.1, 0.15) is 0 Å². The van der Waals surface area contributed by atoms with Crippen molar-refractivity contribution in [2.24, 2.45) is 0 Å². The van der Waals surface area contributed by atoms with Gasteiger partial charge in [0.05, 0.1) is 0 Å². The molecule has 0 aromatic carbocycles. The van der Waals surface area contributed by atoms with Crippen LogP contribution >= 0.6 is 0 Å². The van der Waals surface area contributed by atoms with Crippen molar-refractivity contribution in [3.05, 3.63) is 15.3 Å². The summed E-state index contributed by atoms with van der Waals surface area (Å²) in [5.41, 5.74) is 0.500. The largest absolute Gasteiger partial charge is 0.706 e. The van der Waals surface area contributed by atoms with Gasteiger partial charge < -0.3 is 5.21 Å². The molecule has 0 aromatic heterocycles. The molecule has 0 saturated carbocycles. The van der Waals surface area contributed by atoms with E-state index in [-0.39, 0.29) is 0 Å². The Morgan fingerprint density at radius 2 is 2.00 bits per heavy atom. The Morgan fingerprint density at radius 1 is 1.80 bits per heavy atom. The summed E-state index contributed by atoms with van der Waals surface area (Å²) >= 11 is 0. The van der Waals surface area contributed by atoms with Crippen LogP contribution in [0.3, 0.4) is 0 Å². The third-order valence-corrected chi connectivity index (χ3v) is 0.0745. The molecule has 0 radical (unpaired) electrons. The van der Waals surface area contributed by atoms with Gasteiger partial charge in [0.25, 0.3) is 0 Å². The molecule has 0 unspecified atom stereocenters. The first-order chi connectivity index (χ1) is 2.27. The number of hydrazine groups is 1. The lowest BCUT2D eigenvalue weighted by atomic mass is 12.6. The van der Waals surface area contributed by atoms with Gasteiger partial charge in [0.2, 0.25) is 0 Å². The van der Waals surface area contributed by atoms with Crippen LogP contribution in [0, 0.1) is 15.3 Å². The van der Waals surface area contributed by atoms with Crippen LogP contribution in [0.5, 0.6) is 0 Å². The standard InChI is InChI=1S/HN2O3/c3-1-2(4)5/h1H/q-1. The average Bonchev–Trinajstić information content (AvgIpc) is 1.38. The fourth-order valence-corrected chi connectivity index (χ4v) is 0. The van der Waals surface area contributed by atoms with Gasteiger partial charge in [-0.15, -0.1) is 0 Å². The summed E-state index contributed by atoms with van der Waals surface area (Å²) in [7, 11) is 0. The maximum absolute atomic E-state index is 8.75. The molecular formula is HN2O3-. The zero-order chi connectivity index (χ0) is 4.28. The zero-order valence-electron chi connectivity index (χ0n) is 2.17. The maximum Gasteiger partial charge on any atom is 0.147 e. The van der Waals surface area contributed by atoms with Gasteiger partial charge in [0, 0.05) is 0 Å². The van der Waals surface area contributed by atoms with E-state index in [4.69, 9.17) is 15.3 Å². The van der Waals surface area contributed by atoms with E-state index in [0.717, 1.165) is 0 Å². The normalized spacial score (nSPS) is 6.60. The molecule has 0 atom stereocenters. The predicted molar refractivity (Wildman–Crippen MR) is 13.5 cm³/mol. The van der Waals surface area contributed by atoms with Crippen molar-refractivity contribution in [1.82, 2.24) is 5.59 Å². The number of nitrogens with one attached hydrogen (secondary N) is 1. The Labute approximate surface area is 27.3 Å². The van der Waals surface area contributed by atoms with E-state index in [0.29, 0.717) is 5.59 Å². The number of hydrogen-bond donors (Lipinski definition) is 1. The van der Waals surface area contributed by atoms with E-state index in [1.165, 1.54) is 0 Å². The van der Waals surface area contributed by atoms with Crippen molar-refractivity contribution in [3.63, 3.8) is 0 Å². The molecule has 1 N–H and O–H groups in total. The molecule has 0 aliphatic heterocycles. The minimum Gasteiger partial charge on any atom is -0.706 e. The second-order valence-electron chi connectivity index (χ2n) is 0.348. The minimum absolute atomic E-state index is 0.500. The van der Waals surface area contributed by atoms with E-state index in [2.05, 4.69) is 0 Å². The van der Waals surface area contributed by atoms with Gasteiger partial charge in [0.15, 0.2) is 0 Å². The van der Waals surface area contributed by atoms with Gasteiger partial charge in [-0.25, -0.2) is 10.1 Å². The Hall–Kier alpha value is -0.840. The first-order valence-electron chi connectivity index (χ1n) is 0.793. The average molecular weight is 77.0 g/mol. The molecule has 0 fully saturated rings. The topological polar surface area (TPSA) is 78.2 Å². The molecule has 0 aliphatic carbocycles. The van der Waals surface area contributed by atoms with Gasteiger partial charge >= 0.3 is 0 Å². The van der Waals surface area contributed by atoms with Crippen LogP contribution < -0.4 is 5.59 Å². The van der Waals surface area contributed by atoms with E-state index in [9.17, 15) is 0 Å². The predicted octanol–water partition coefficient (Wildman–Crippen LogP) is -0.735. The molecule has 0 aliphatic rings. The summed E-state index contributed by atoms with van der Waals surface area (Å²) in [5, 5.41) is 16.2. The minimum atomic E-state index is -1.18. The third-order valence-electron chi connectivity index (χ3n) is 0.0745. The molecule has 0 aromatic rings. The van der Waals surface area contributed by atoms with Crippen molar-refractivity contribution in [2.45, 2.75) is 0 Å². The molecule has 5 nitrogen and oxygen atoms in total. The fraction of sp³-hybridized carbons (Fsp3) is 0. The molecule has 30 valence electrons. The highest BCUT2D eigenvalue weighted by Gasteiger charge is 1.65. The number of nitrogens with zero attached hydrogens (tertiary/aromatic N) is 1. The molecule has 5 heteroatoms. The van der Waals surface area contributed by atoms with Crippen LogP contribution in [-0.2, 0) is 0 Å². The Kier molecular flexibility index (Phi) is 1.23. The van der Waals surface area contributed by atoms with E-state index in [1.807, 2.05) is 0 Å². The third kappa shape index (κ3) is 3.16. The Bertz CT molecular complexity index is 40.2. The second kappa shape index (κ2) is 1.48. The SMILES string of the molecule is O=[N+]([O-])N[O-]. The van der Waals surface area contributed by atoms with Gasteiger partial charge in [-0.2, -0.15) is 5.59 Å². The Balaban J connectivity index is 2.85. The second-order valence-corrected chi connectivity index (χ2v) is 0.348. The summed E-state index contributed by atoms with van der Waals surface area (Å²) in [6.45, 7) is 0. The van der Waals surface area contributed by atoms with Crippen molar-refractivity contribution < 1.29 is 5.03 Å². The molecule has 0 rings (SSSR count). The smallest absolute Gasteiger partial charge is 0.147 e. The zero-order valence-corrected chi connectivity index (χ0v) is 2.17. The highest BCUT2D eigenvalue weighted by Crippen LogP contribution is 1.43. The van der Waals surface area contributed by atoms with Crippen molar-refractivity contribution in [2.75, 3.05) is 0 Å². The summed E-state index contributed by atoms with van der Waals surface area (Å²) in [4.78, 5) is 8.75. The van der Waals surface area contributed by atoms with Crippen LogP contribution in [0.15, 0.2) is 0 Å². The van der Waals surface area contributed by atoms with Gasteiger partial charge in [-0.05, 0) is 0 Å². The maximum atomic E-state index is 8.75. The first-order valence-corrected chi connectivity index (χ1v) is 0.793. The molecule has 0 spiro atoms. The van der Waals surface area contributed by atoms with E-state index < -0.39 is 5.03 Å². The lowest BCUT2D eigenvalue weighted by molar-refractivity contribution is -0.532. The molecule has 0 amide bonds. The quantitative estimate of drug-likeness (QED) is 0.330. The highest BCUT2D eigenvalue weighted by atomic mass is 16.7. The molecule has 0 bridgehead atoms. The van der Waals surface area contributed by atoms with Crippen molar-refractivity contribution in [1.29, 1.82) is 0 Å². The number of rotatable bonds is 1. The highest BCUT2D eigenvalue weighted by molar-refractivity contribution is 4.10. The van der Waals surface area contributed by atoms with Crippen molar-refractivity contribution in [3.8, 4) is 0 Å². The van der Waals surface area contributed by atoms with E-state index >= 15 is 0 Å². The number of nitro groups is 1. The first kappa shape index (κ1) is 4.16. The van der Waals surface area contributed by atoms with Gasteiger partial charge in [-0.3, -0.25) is 0 Å². The summed E-state index contributed by atoms with van der Waals surface area (Å²) in [6.07, 6.45) is 0. The Morgan fingerprint density at radius 3 is 2.00 bits per heavy atom. The molecule has 5 heavy (non-hydrogen) atoms. The van der Waals surface area contributed by atoms with Crippen molar-refractivity contribution >= 4 is 0 Å². The van der Waals surface area contributed by atoms with Crippen LogP contribution in [0.4, 0.5) is 0 Å². The van der Waals surface area contributed by atoms with E-state index in [1.54, 1.807) is 0 Å². The van der Waals surface area contributed by atoms with Gasteiger partial charge in [-0.1, -0.05) is 0 Å².